The van der Waals surface area contributed by atoms with Gasteiger partial charge in [0.1, 0.15) is 0 Å². The summed E-state index contributed by atoms with van der Waals surface area (Å²) in [4.78, 5) is 29.8. The number of nitrogens with one attached hydrogen (secondary N) is 1. The summed E-state index contributed by atoms with van der Waals surface area (Å²) in [5.41, 5.74) is 0. The fourth-order valence-corrected chi connectivity index (χ4v) is 1.99. The lowest BCUT2D eigenvalue weighted by Crippen LogP contribution is -2.38. The fraction of sp³-hybridized carbons (Fsp3) is 0.900. The Balaban J connectivity index is 3.37. The van der Waals surface area contributed by atoms with Crippen LogP contribution in [0, 0.1) is 0 Å². The Morgan fingerprint density at radius 3 is 2.56 bits per heavy atom. The lowest BCUT2D eigenvalue weighted by Gasteiger charge is -2.14. The van der Waals surface area contributed by atoms with Crippen molar-refractivity contribution in [1.82, 2.24) is 5.32 Å². The molecule has 0 rings (SSSR count). The SMILES string of the molecule is COCCOCCC(=O)NCCC[Si](O)(O)OC. The predicted octanol–water partition coefficient (Wildman–Crippen LogP) is -0.884. The van der Waals surface area contributed by atoms with Crippen molar-refractivity contribution in [1.29, 1.82) is 0 Å². The van der Waals surface area contributed by atoms with Crippen LogP contribution >= 0.6 is 0 Å². The molecule has 0 aromatic carbocycles. The van der Waals surface area contributed by atoms with Gasteiger partial charge >= 0.3 is 8.80 Å². The second-order valence-corrected chi connectivity index (χ2v) is 6.15. The first kappa shape index (κ1) is 17.5. The molecule has 0 fully saturated rings. The summed E-state index contributed by atoms with van der Waals surface area (Å²) in [6.45, 7) is 1.74. The third-order valence-electron chi connectivity index (χ3n) is 2.23. The van der Waals surface area contributed by atoms with E-state index in [9.17, 15) is 14.4 Å². The monoisotopic (exact) mass is 281 g/mol. The molecule has 0 radical (unpaired) electrons. The van der Waals surface area contributed by atoms with Gasteiger partial charge in [0.05, 0.1) is 19.8 Å². The van der Waals surface area contributed by atoms with E-state index in [1.165, 1.54) is 7.11 Å². The van der Waals surface area contributed by atoms with Gasteiger partial charge in [0.25, 0.3) is 0 Å². The normalized spacial score (nSPS) is 11.6. The third kappa shape index (κ3) is 10.6. The molecule has 7 nitrogen and oxygen atoms in total. The molecule has 0 atom stereocenters. The highest BCUT2D eigenvalue weighted by molar-refractivity contribution is 6.57. The lowest BCUT2D eigenvalue weighted by atomic mass is 10.4. The molecular formula is C10H23NO6Si. The van der Waals surface area contributed by atoms with Crippen molar-refractivity contribution in [3.05, 3.63) is 0 Å². The van der Waals surface area contributed by atoms with E-state index < -0.39 is 8.80 Å². The molecule has 18 heavy (non-hydrogen) atoms. The molecule has 0 saturated carbocycles. The minimum absolute atomic E-state index is 0.118. The Morgan fingerprint density at radius 2 is 1.94 bits per heavy atom. The molecule has 0 aromatic rings. The maximum atomic E-state index is 11.3. The smallest absolute Gasteiger partial charge is 0.390 e. The molecule has 3 N–H and O–H groups in total. The van der Waals surface area contributed by atoms with E-state index in [1.54, 1.807) is 7.11 Å². The Morgan fingerprint density at radius 1 is 1.22 bits per heavy atom. The number of amides is 1. The highest BCUT2D eigenvalue weighted by Crippen LogP contribution is 2.04. The second-order valence-electron chi connectivity index (χ2n) is 3.76. The number of methoxy groups -OCH3 is 1. The van der Waals surface area contributed by atoms with Gasteiger partial charge in [-0.1, -0.05) is 0 Å². The van der Waals surface area contributed by atoms with Gasteiger partial charge in [-0.3, -0.25) is 4.79 Å². The van der Waals surface area contributed by atoms with Crippen LogP contribution in [-0.2, 0) is 18.7 Å². The molecule has 0 aliphatic heterocycles. The van der Waals surface area contributed by atoms with Crippen molar-refractivity contribution in [2.75, 3.05) is 40.6 Å². The number of rotatable bonds is 11. The zero-order valence-electron chi connectivity index (χ0n) is 11.0. The van der Waals surface area contributed by atoms with Crippen LogP contribution in [-0.4, -0.2) is 64.9 Å². The number of hydrogen-bond acceptors (Lipinski definition) is 6. The highest BCUT2D eigenvalue weighted by Gasteiger charge is 2.29. The molecule has 0 heterocycles. The molecule has 0 spiro atoms. The summed E-state index contributed by atoms with van der Waals surface area (Å²) >= 11 is 0. The Bertz CT molecular complexity index is 226. The van der Waals surface area contributed by atoms with Crippen LogP contribution in [0.25, 0.3) is 0 Å². The average Bonchev–Trinajstić information content (AvgIpc) is 2.34. The van der Waals surface area contributed by atoms with E-state index in [-0.39, 0.29) is 18.4 Å². The molecule has 0 unspecified atom stereocenters. The van der Waals surface area contributed by atoms with Crippen molar-refractivity contribution in [3.8, 4) is 0 Å². The van der Waals surface area contributed by atoms with Crippen LogP contribution in [0.2, 0.25) is 6.04 Å². The van der Waals surface area contributed by atoms with Crippen molar-refractivity contribution in [3.63, 3.8) is 0 Å². The summed E-state index contributed by atoms with van der Waals surface area (Å²) in [5.74, 6) is -0.118. The molecule has 0 aliphatic rings. The van der Waals surface area contributed by atoms with Crippen LogP contribution in [0.15, 0.2) is 0 Å². The van der Waals surface area contributed by atoms with Gasteiger partial charge in [-0.2, -0.15) is 0 Å². The zero-order valence-corrected chi connectivity index (χ0v) is 12.0. The van der Waals surface area contributed by atoms with Crippen LogP contribution in [0.1, 0.15) is 12.8 Å². The lowest BCUT2D eigenvalue weighted by molar-refractivity contribution is -0.122. The molecule has 0 aliphatic carbocycles. The van der Waals surface area contributed by atoms with Crippen molar-refractivity contribution < 1.29 is 28.3 Å². The average molecular weight is 281 g/mol. The topological polar surface area (TPSA) is 97.3 Å². The maximum Gasteiger partial charge on any atom is 0.495 e. The number of carbonyl (C=O) groups excluding carboxylic acids is 1. The summed E-state index contributed by atoms with van der Waals surface area (Å²) in [7, 11) is -0.628. The largest absolute Gasteiger partial charge is 0.495 e. The van der Waals surface area contributed by atoms with Gasteiger partial charge in [-0.25, -0.2) is 0 Å². The zero-order chi connectivity index (χ0) is 13.9. The standard InChI is InChI=1S/C10H23NO6Si/c1-15-7-8-17-6-4-10(12)11-5-3-9-18(13,14)16-2/h13-14H,3-9H2,1-2H3,(H,11,12). The van der Waals surface area contributed by atoms with Gasteiger partial charge in [0, 0.05) is 33.2 Å². The van der Waals surface area contributed by atoms with E-state index in [2.05, 4.69) is 9.74 Å². The minimum atomic E-state index is -3.48. The van der Waals surface area contributed by atoms with Gasteiger partial charge in [-0.15, -0.1) is 0 Å². The number of ether oxygens (including phenoxy) is 2. The first-order valence-electron chi connectivity index (χ1n) is 5.85. The van der Waals surface area contributed by atoms with E-state index in [4.69, 9.17) is 9.47 Å². The van der Waals surface area contributed by atoms with Crippen LogP contribution in [0.4, 0.5) is 0 Å². The Kier molecular flexibility index (Phi) is 10.1. The molecule has 1 amide bonds. The van der Waals surface area contributed by atoms with E-state index in [0.29, 0.717) is 32.8 Å². The first-order chi connectivity index (χ1) is 8.52. The minimum Gasteiger partial charge on any atom is -0.390 e. The molecular weight excluding hydrogens is 258 g/mol. The van der Waals surface area contributed by atoms with E-state index in [0.717, 1.165) is 0 Å². The number of hydrogen-bond donors (Lipinski definition) is 3. The van der Waals surface area contributed by atoms with Crippen molar-refractivity contribution in [2.45, 2.75) is 18.9 Å². The summed E-state index contributed by atoms with van der Waals surface area (Å²) in [6.07, 6.45) is 0.762. The molecule has 0 saturated heterocycles. The Labute approximate surface area is 108 Å². The van der Waals surface area contributed by atoms with Crippen LogP contribution < -0.4 is 5.32 Å². The highest BCUT2D eigenvalue weighted by atomic mass is 28.4. The number of carbonyl (C=O) groups is 1. The second kappa shape index (κ2) is 10.4. The van der Waals surface area contributed by atoms with Crippen molar-refractivity contribution in [2.24, 2.45) is 0 Å². The molecule has 0 aromatic heterocycles. The molecule has 0 bridgehead atoms. The van der Waals surface area contributed by atoms with Gasteiger partial charge in [0.2, 0.25) is 5.91 Å². The summed E-state index contributed by atoms with van der Waals surface area (Å²) in [5, 5.41) is 2.66. The molecule has 108 valence electrons. The predicted molar refractivity (Wildman–Crippen MR) is 66.9 cm³/mol. The van der Waals surface area contributed by atoms with Gasteiger partial charge in [0.15, 0.2) is 0 Å². The fourth-order valence-electron chi connectivity index (χ4n) is 1.15. The van der Waals surface area contributed by atoms with Crippen LogP contribution in [0.5, 0.6) is 0 Å². The maximum absolute atomic E-state index is 11.3. The van der Waals surface area contributed by atoms with E-state index in [1.807, 2.05) is 0 Å². The Hall–Kier alpha value is -0.513. The molecule has 8 heteroatoms. The summed E-state index contributed by atoms with van der Waals surface area (Å²) in [6, 6.07) is 0.175. The van der Waals surface area contributed by atoms with Crippen LogP contribution in [0.3, 0.4) is 0 Å². The first-order valence-corrected chi connectivity index (χ1v) is 7.86. The third-order valence-corrected chi connectivity index (χ3v) is 3.89. The quantitative estimate of drug-likeness (QED) is 0.336. The van der Waals surface area contributed by atoms with Gasteiger partial charge < -0.3 is 28.8 Å². The van der Waals surface area contributed by atoms with E-state index >= 15 is 0 Å². The summed E-state index contributed by atoms with van der Waals surface area (Å²) < 4.78 is 14.5. The van der Waals surface area contributed by atoms with Gasteiger partial charge in [-0.05, 0) is 6.42 Å². The van der Waals surface area contributed by atoms with Crippen molar-refractivity contribution >= 4 is 14.7 Å².